The third kappa shape index (κ3) is 1.40. The molecular formula is C12H13NO2. The molecule has 0 aliphatic heterocycles. The number of hydrogen-bond acceptors (Lipinski definition) is 1. The SMILES string of the molecule is CCc1cccc2cc(C(=O)O)n(C)c12. The highest BCUT2D eigenvalue weighted by Gasteiger charge is 2.13. The fourth-order valence-electron chi connectivity index (χ4n) is 1.99. The van der Waals surface area contributed by atoms with Crippen molar-refractivity contribution in [2.45, 2.75) is 13.3 Å². The van der Waals surface area contributed by atoms with Crippen LogP contribution in [0.25, 0.3) is 10.9 Å². The molecule has 3 heteroatoms. The molecule has 0 amide bonds. The molecule has 0 saturated heterocycles. The molecule has 0 saturated carbocycles. The first kappa shape index (κ1) is 9.77. The maximum atomic E-state index is 11.0. The minimum absolute atomic E-state index is 0.339. The number of carboxylic acids is 1. The lowest BCUT2D eigenvalue weighted by Crippen LogP contribution is -2.04. The summed E-state index contributed by atoms with van der Waals surface area (Å²) in [5, 5.41) is 10.0. The Bertz CT molecular complexity index is 526. The molecule has 0 atom stereocenters. The van der Waals surface area contributed by atoms with E-state index in [1.54, 1.807) is 17.7 Å². The van der Waals surface area contributed by atoms with E-state index in [9.17, 15) is 4.79 Å². The molecule has 1 aromatic carbocycles. The third-order valence-corrected chi connectivity index (χ3v) is 2.74. The van der Waals surface area contributed by atoms with Crippen molar-refractivity contribution in [3.63, 3.8) is 0 Å². The van der Waals surface area contributed by atoms with E-state index >= 15 is 0 Å². The summed E-state index contributed by atoms with van der Waals surface area (Å²) in [5.41, 5.74) is 2.55. The minimum Gasteiger partial charge on any atom is -0.477 e. The molecule has 0 unspecified atom stereocenters. The Morgan fingerprint density at radius 1 is 1.47 bits per heavy atom. The van der Waals surface area contributed by atoms with Crippen molar-refractivity contribution in [2.75, 3.05) is 0 Å². The van der Waals surface area contributed by atoms with Gasteiger partial charge in [0.2, 0.25) is 0 Å². The molecule has 15 heavy (non-hydrogen) atoms. The van der Waals surface area contributed by atoms with Crippen LogP contribution >= 0.6 is 0 Å². The Hall–Kier alpha value is -1.77. The monoisotopic (exact) mass is 203 g/mol. The fourth-order valence-corrected chi connectivity index (χ4v) is 1.99. The maximum Gasteiger partial charge on any atom is 0.352 e. The number of aryl methyl sites for hydroxylation is 2. The fraction of sp³-hybridized carbons (Fsp3) is 0.250. The van der Waals surface area contributed by atoms with Crippen LogP contribution < -0.4 is 0 Å². The first-order valence-electron chi connectivity index (χ1n) is 4.95. The van der Waals surface area contributed by atoms with Crippen LogP contribution in [0.15, 0.2) is 24.3 Å². The second-order valence-corrected chi connectivity index (χ2v) is 3.60. The van der Waals surface area contributed by atoms with E-state index in [0.29, 0.717) is 5.69 Å². The van der Waals surface area contributed by atoms with Crippen LogP contribution in [0.1, 0.15) is 23.0 Å². The number of rotatable bonds is 2. The van der Waals surface area contributed by atoms with Crippen molar-refractivity contribution in [1.29, 1.82) is 0 Å². The van der Waals surface area contributed by atoms with Gasteiger partial charge in [-0.05, 0) is 18.1 Å². The van der Waals surface area contributed by atoms with Crippen molar-refractivity contribution < 1.29 is 9.90 Å². The molecule has 78 valence electrons. The first-order valence-corrected chi connectivity index (χ1v) is 4.95. The van der Waals surface area contributed by atoms with Gasteiger partial charge < -0.3 is 9.67 Å². The highest BCUT2D eigenvalue weighted by molar-refractivity contribution is 5.95. The number of carboxylic acid groups (broad SMARTS) is 1. The number of hydrogen-bond donors (Lipinski definition) is 1. The smallest absolute Gasteiger partial charge is 0.352 e. The number of nitrogens with zero attached hydrogens (tertiary/aromatic N) is 1. The number of carbonyl (C=O) groups is 1. The van der Waals surface area contributed by atoms with Gasteiger partial charge in [0.1, 0.15) is 5.69 Å². The Morgan fingerprint density at radius 2 is 2.20 bits per heavy atom. The van der Waals surface area contributed by atoms with Crippen LogP contribution in [0, 0.1) is 0 Å². The maximum absolute atomic E-state index is 11.0. The molecule has 2 aromatic rings. The van der Waals surface area contributed by atoms with E-state index in [-0.39, 0.29) is 0 Å². The summed E-state index contributed by atoms with van der Waals surface area (Å²) in [7, 11) is 1.80. The summed E-state index contributed by atoms with van der Waals surface area (Å²) in [6.07, 6.45) is 0.911. The Balaban J connectivity index is 2.82. The molecule has 2 rings (SSSR count). The van der Waals surface area contributed by atoms with Crippen molar-refractivity contribution in [2.24, 2.45) is 7.05 Å². The van der Waals surface area contributed by atoms with Gasteiger partial charge in [0.05, 0.1) is 5.52 Å². The van der Waals surface area contributed by atoms with Gasteiger partial charge in [0, 0.05) is 12.4 Å². The van der Waals surface area contributed by atoms with Gasteiger partial charge in [0.25, 0.3) is 0 Å². The predicted molar refractivity (Wildman–Crippen MR) is 59.3 cm³/mol. The van der Waals surface area contributed by atoms with Crippen LogP contribution in [0.3, 0.4) is 0 Å². The molecule has 0 radical (unpaired) electrons. The van der Waals surface area contributed by atoms with Crippen molar-refractivity contribution in [1.82, 2.24) is 4.57 Å². The lowest BCUT2D eigenvalue weighted by Gasteiger charge is -2.04. The quantitative estimate of drug-likeness (QED) is 0.814. The number of aromatic carboxylic acids is 1. The molecule has 0 fully saturated rings. The summed E-state index contributed by atoms with van der Waals surface area (Å²) in [6, 6.07) is 7.67. The van der Waals surface area contributed by atoms with E-state index < -0.39 is 5.97 Å². The zero-order valence-electron chi connectivity index (χ0n) is 8.82. The number of fused-ring (bicyclic) bond motifs is 1. The van der Waals surface area contributed by atoms with Gasteiger partial charge in [0.15, 0.2) is 0 Å². The van der Waals surface area contributed by atoms with Crippen LogP contribution in [0.4, 0.5) is 0 Å². The van der Waals surface area contributed by atoms with Gasteiger partial charge in [-0.2, -0.15) is 0 Å². The van der Waals surface area contributed by atoms with E-state index in [4.69, 9.17) is 5.11 Å². The second kappa shape index (κ2) is 3.42. The Kier molecular flexibility index (Phi) is 2.23. The van der Waals surface area contributed by atoms with Crippen molar-refractivity contribution in [3.8, 4) is 0 Å². The number of aromatic nitrogens is 1. The van der Waals surface area contributed by atoms with E-state index in [1.807, 2.05) is 18.2 Å². The third-order valence-electron chi connectivity index (χ3n) is 2.74. The van der Waals surface area contributed by atoms with Gasteiger partial charge in [-0.25, -0.2) is 4.79 Å². The Morgan fingerprint density at radius 3 is 2.80 bits per heavy atom. The lowest BCUT2D eigenvalue weighted by molar-refractivity contribution is 0.0687. The highest BCUT2D eigenvalue weighted by Crippen LogP contribution is 2.22. The summed E-state index contributed by atoms with van der Waals surface area (Å²) in [4.78, 5) is 11.0. The molecule has 1 heterocycles. The highest BCUT2D eigenvalue weighted by atomic mass is 16.4. The van der Waals surface area contributed by atoms with E-state index in [2.05, 4.69) is 6.92 Å². The van der Waals surface area contributed by atoms with E-state index in [0.717, 1.165) is 17.3 Å². The zero-order valence-corrected chi connectivity index (χ0v) is 8.82. The van der Waals surface area contributed by atoms with Crippen LogP contribution in [-0.4, -0.2) is 15.6 Å². The average Bonchev–Trinajstić information content (AvgIpc) is 2.56. The predicted octanol–water partition coefficient (Wildman–Crippen LogP) is 2.44. The van der Waals surface area contributed by atoms with Crippen LogP contribution in [0.5, 0.6) is 0 Å². The molecule has 0 aliphatic carbocycles. The number of para-hydroxylation sites is 1. The summed E-state index contributed by atoms with van der Waals surface area (Å²) in [6.45, 7) is 2.07. The molecule has 1 N–H and O–H groups in total. The normalized spacial score (nSPS) is 10.8. The van der Waals surface area contributed by atoms with Gasteiger partial charge >= 0.3 is 5.97 Å². The number of benzene rings is 1. The van der Waals surface area contributed by atoms with Crippen LogP contribution in [0.2, 0.25) is 0 Å². The minimum atomic E-state index is -0.879. The average molecular weight is 203 g/mol. The van der Waals surface area contributed by atoms with Gasteiger partial charge in [-0.1, -0.05) is 25.1 Å². The summed E-state index contributed by atoms with van der Waals surface area (Å²) >= 11 is 0. The van der Waals surface area contributed by atoms with Gasteiger partial charge in [-0.15, -0.1) is 0 Å². The summed E-state index contributed by atoms with van der Waals surface area (Å²) in [5.74, 6) is -0.879. The standard InChI is InChI=1S/C12H13NO2/c1-3-8-5-4-6-9-7-10(12(14)15)13(2)11(8)9/h4-7H,3H2,1-2H3,(H,14,15). The molecule has 1 aromatic heterocycles. The molecule has 0 spiro atoms. The zero-order chi connectivity index (χ0) is 11.0. The first-order chi connectivity index (χ1) is 7.15. The topological polar surface area (TPSA) is 42.2 Å². The molecule has 3 nitrogen and oxygen atoms in total. The van der Waals surface area contributed by atoms with Crippen molar-refractivity contribution >= 4 is 16.9 Å². The van der Waals surface area contributed by atoms with Gasteiger partial charge in [-0.3, -0.25) is 0 Å². The summed E-state index contributed by atoms with van der Waals surface area (Å²) < 4.78 is 1.75. The lowest BCUT2D eigenvalue weighted by atomic mass is 10.1. The van der Waals surface area contributed by atoms with Crippen molar-refractivity contribution in [3.05, 3.63) is 35.5 Å². The molecule has 0 aliphatic rings. The van der Waals surface area contributed by atoms with Crippen LogP contribution in [-0.2, 0) is 13.5 Å². The molecule has 0 bridgehead atoms. The second-order valence-electron chi connectivity index (χ2n) is 3.60. The largest absolute Gasteiger partial charge is 0.477 e. The van der Waals surface area contributed by atoms with E-state index in [1.165, 1.54) is 5.56 Å². The molecular weight excluding hydrogens is 190 g/mol. The Labute approximate surface area is 87.9 Å².